The molecule has 3 rings (SSSR count). The van der Waals surface area contributed by atoms with Crippen LogP contribution in [0, 0.1) is 5.92 Å². The fourth-order valence-electron chi connectivity index (χ4n) is 3.73. The molecule has 1 aliphatic carbocycles. The van der Waals surface area contributed by atoms with Crippen LogP contribution in [0.5, 0.6) is 0 Å². The summed E-state index contributed by atoms with van der Waals surface area (Å²) in [5, 5.41) is 13.4. The van der Waals surface area contributed by atoms with E-state index in [4.69, 9.17) is 0 Å². The summed E-state index contributed by atoms with van der Waals surface area (Å²) in [5.41, 5.74) is 0.887. The zero-order chi connectivity index (χ0) is 16.6. The number of aliphatic carboxylic acids is 1. The molecule has 2 N–H and O–H groups in total. The van der Waals surface area contributed by atoms with Crippen molar-refractivity contribution in [1.29, 1.82) is 0 Å². The monoisotopic (exact) mass is 314 g/mol. The van der Waals surface area contributed by atoms with Gasteiger partial charge in [0.2, 0.25) is 0 Å². The van der Waals surface area contributed by atoms with E-state index in [9.17, 15) is 14.7 Å². The Morgan fingerprint density at radius 2 is 2.04 bits per heavy atom. The maximum Gasteiger partial charge on any atom is 0.308 e. The summed E-state index contributed by atoms with van der Waals surface area (Å²) in [6, 6.07) is 7.73. The average Bonchev–Trinajstić information content (AvgIpc) is 2.85. The van der Waals surface area contributed by atoms with Gasteiger partial charge in [0.25, 0.3) is 5.91 Å². The Balaban J connectivity index is 1.92. The fraction of sp³-hybridized carbons (Fsp3) is 0.444. The SMILES string of the molecule is Cn1cc(C(=O)NC2(C)CCCCC2C(=O)O)c2ccccc21. The van der Waals surface area contributed by atoms with Crippen molar-refractivity contribution in [2.75, 3.05) is 0 Å². The topological polar surface area (TPSA) is 71.3 Å². The largest absolute Gasteiger partial charge is 0.481 e. The number of hydrogen-bond donors (Lipinski definition) is 2. The van der Waals surface area contributed by atoms with Crippen LogP contribution in [-0.2, 0) is 11.8 Å². The van der Waals surface area contributed by atoms with Gasteiger partial charge in [0.05, 0.1) is 17.0 Å². The normalized spacial score (nSPS) is 24.5. The van der Waals surface area contributed by atoms with E-state index < -0.39 is 17.4 Å². The van der Waals surface area contributed by atoms with Crippen molar-refractivity contribution in [3.8, 4) is 0 Å². The van der Waals surface area contributed by atoms with Crippen LogP contribution in [0.1, 0.15) is 43.0 Å². The maximum atomic E-state index is 12.8. The second-order valence-electron chi connectivity index (χ2n) is 6.68. The highest BCUT2D eigenvalue weighted by molar-refractivity contribution is 6.07. The van der Waals surface area contributed by atoms with Gasteiger partial charge in [-0.05, 0) is 25.8 Å². The predicted molar refractivity (Wildman–Crippen MR) is 88.4 cm³/mol. The van der Waals surface area contributed by atoms with Gasteiger partial charge in [-0.25, -0.2) is 0 Å². The molecule has 2 unspecified atom stereocenters. The smallest absolute Gasteiger partial charge is 0.308 e. The highest BCUT2D eigenvalue weighted by atomic mass is 16.4. The average molecular weight is 314 g/mol. The molecule has 1 heterocycles. The third-order valence-corrected chi connectivity index (χ3v) is 5.05. The Hall–Kier alpha value is -2.30. The van der Waals surface area contributed by atoms with Crippen molar-refractivity contribution < 1.29 is 14.7 Å². The molecule has 1 aromatic heterocycles. The number of carbonyl (C=O) groups is 2. The number of para-hydroxylation sites is 1. The van der Waals surface area contributed by atoms with Crippen molar-refractivity contribution in [2.24, 2.45) is 13.0 Å². The fourth-order valence-corrected chi connectivity index (χ4v) is 3.73. The number of rotatable bonds is 3. The molecular weight excluding hydrogens is 292 g/mol. The molecule has 1 saturated carbocycles. The number of benzene rings is 1. The van der Waals surface area contributed by atoms with Crippen LogP contribution >= 0.6 is 0 Å². The molecule has 2 aromatic rings. The van der Waals surface area contributed by atoms with Gasteiger partial charge >= 0.3 is 5.97 Å². The zero-order valence-electron chi connectivity index (χ0n) is 13.5. The number of fused-ring (bicyclic) bond motifs is 1. The van der Waals surface area contributed by atoms with E-state index in [1.807, 2.05) is 49.0 Å². The number of aromatic nitrogens is 1. The number of carboxylic acids is 1. The van der Waals surface area contributed by atoms with Crippen LogP contribution in [0.25, 0.3) is 10.9 Å². The molecule has 1 aromatic carbocycles. The van der Waals surface area contributed by atoms with Gasteiger partial charge in [0, 0.05) is 24.1 Å². The quantitative estimate of drug-likeness (QED) is 0.915. The minimum absolute atomic E-state index is 0.197. The van der Waals surface area contributed by atoms with Crippen LogP contribution in [0.3, 0.4) is 0 Å². The van der Waals surface area contributed by atoms with Crippen LogP contribution in [0.4, 0.5) is 0 Å². The van der Waals surface area contributed by atoms with Crippen LogP contribution < -0.4 is 5.32 Å². The highest BCUT2D eigenvalue weighted by Crippen LogP contribution is 2.34. The molecule has 122 valence electrons. The summed E-state index contributed by atoms with van der Waals surface area (Å²) in [4.78, 5) is 24.3. The highest BCUT2D eigenvalue weighted by Gasteiger charge is 2.42. The molecule has 0 saturated heterocycles. The molecule has 0 spiro atoms. The molecule has 5 heteroatoms. The van der Waals surface area contributed by atoms with E-state index >= 15 is 0 Å². The summed E-state index contributed by atoms with van der Waals surface area (Å²) in [5.74, 6) is -1.56. The standard InChI is InChI=1S/C18H22N2O3/c1-18(10-6-5-8-14(18)17(22)23)19-16(21)13-11-20(2)15-9-4-3-7-12(13)15/h3-4,7,9,11,14H,5-6,8,10H2,1-2H3,(H,19,21)(H,22,23). The van der Waals surface area contributed by atoms with Crippen molar-refractivity contribution in [2.45, 2.75) is 38.1 Å². The lowest BCUT2D eigenvalue weighted by molar-refractivity contribution is -0.145. The number of aryl methyl sites for hydroxylation is 1. The molecular formula is C18H22N2O3. The Morgan fingerprint density at radius 1 is 1.30 bits per heavy atom. The van der Waals surface area contributed by atoms with Gasteiger partial charge in [-0.3, -0.25) is 9.59 Å². The van der Waals surface area contributed by atoms with Gasteiger partial charge in [0.15, 0.2) is 0 Å². The molecule has 0 aliphatic heterocycles. The molecule has 0 bridgehead atoms. The molecule has 2 atom stereocenters. The van der Waals surface area contributed by atoms with Crippen LogP contribution in [0.2, 0.25) is 0 Å². The van der Waals surface area contributed by atoms with Gasteiger partial charge in [-0.2, -0.15) is 0 Å². The summed E-state index contributed by atoms with van der Waals surface area (Å²) in [6.45, 7) is 1.86. The lowest BCUT2D eigenvalue weighted by Gasteiger charge is -2.39. The first kappa shape index (κ1) is 15.6. The molecule has 5 nitrogen and oxygen atoms in total. The molecule has 0 radical (unpaired) electrons. The number of carbonyl (C=O) groups excluding carboxylic acids is 1. The Morgan fingerprint density at radius 3 is 2.78 bits per heavy atom. The summed E-state index contributed by atoms with van der Waals surface area (Å²) in [6.07, 6.45) is 4.96. The maximum absolute atomic E-state index is 12.8. The van der Waals surface area contributed by atoms with E-state index in [2.05, 4.69) is 5.32 Å². The van der Waals surface area contributed by atoms with Crippen molar-refractivity contribution in [3.05, 3.63) is 36.0 Å². The number of nitrogens with zero attached hydrogens (tertiary/aromatic N) is 1. The number of carboxylic acid groups (broad SMARTS) is 1. The third kappa shape index (κ3) is 2.71. The minimum atomic E-state index is -0.828. The van der Waals surface area contributed by atoms with E-state index in [-0.39, 0.29) is 5.91 Å². The first-order valence-corrected chi connectivity index (χ1v) is 8.02. The third-order valence-electron chi connectivity index (χ3n) is 5.05. The molecule has 1 amide bonds. The summed E-state index contributed by atoms with van der Waals surface area (Å²) < 4.78 is 1.92. The van der Waals surface area contributed by atoms with Gasteiger partial charge < -0.3 is 15.0 Å². The van der Waals surface area contributed by atoms with E-state index in [0.29, 0.717) is 18.4 Å². The molecule has 1 fully saturated rings. The Bertz CT molecular complexity index is 765. The first-order valence-electron chi connectivity index (χ1n) is 8.02. The van der Waals surface area contributed by atoms with Crippen molar-refractivity contribution in [1.82, 2.24) is 9.88 Å². The molecule has 23 heavy (non-hydrogen) atoms. The van der Waals surface area contributed by atoms with Crippen LogP contribution in [-0.4, -0.2) is 27.1 Å². The Labute approximate surface area is 135 Å². The number of amides is 1. The Kier molecular flexibility index (Phi) is 3.88. The number of nitrogens with one attached hydrogen (secondary N) is 1. The van der Waals surface area contributed by atoms with Crippen molar-refractivity contribution in [3.63, 3.8) is 0 Å². The summed E-state index contributed by atoms with van der Waals surface area (Å²) >= 11 is 0. The lowest BCUT2D eigenvalue weighted by atomic mass is 9.73. The van der Waals surface area contributed by atoms with E-state index in [1.54, 1.807) is 0 Å². The van der Waals surface area contributed by atoms with Crippen LogP contribution in [0.15, 0.2) is 30.5 Å². The minimum Gasteiger partial charge on any atom is -0.481 e. The number of hydrogen-bond acceptors (Lipinski definition) is 2. The van der Waals surface area contributed by atoms with Gasteiger partial charge in [-0.15, -0.1) is 0 Å². The van der Waals surface area contributed by atoms with Gasteiger partial charge in [-0.1, -0.05) is 31.0 Å². The lowest BCUT2D eigenvalue weighted by Crippen LogP contribution is -2.55. The predicted octanol–water partition coefficient (Wildman–Crippen LogP) is 2.94. The second kappa shape index (κ2) is 5.72. The first-order chi connectivity index (χ1) is 10.9. The summed E-state index contributed by atoms with van der Waals surface area (Å²) in [7, 11) is 1.90. The van der Waals surface area contributed by atoms with Crippen molar-refractivity contribution >= 4 is 22.8 Å². The van der Waals surface area contributed by atoms with E-state index in [1.165, 1.54) is 0 Å². The zero-order valence-corrected chi connectivity index (χ0v) is 13.5. The van der Waals surface area contributed by atoms with Gasteiger partial charge in [0.1, 0.15) is 0 Å². The van der Waals surface area contributed by atoms with E-state index in [0.717, 1.165) is 23.7 Å². The second-order valence-corrected chi connectivity index (χ2v) is 6.68. The molecule has 1 aliphatic rings.